The summed E-state index contributed by atoms with van der Waals surface area (Å²) in [5.74, 6) is -9.03. The third-order valence-corrected chi connectivity index (χ3v) is 23.5. The van der Waals surface area contributed by atoms with Crippen LogP contribution in [0.1, 0.15) is 218 Å². The van der Waals surface area contributed by atoms with Gasteiger partial charge >= 0.3 is 51.3 Å². The van der Waals surface area contributed by atoms with Crippen molar-refractivity contribution in [3.63, 3.8) is 0 Å². The van der Waals surface area contributed by atoms with Crippen LogP contribution in [0.2, 0.25) is 0 Å². The molecule has 2 aliphatic heterocycles. The molecule has 6 rings (SSSR count). The molecule has 3 aliphatic rings. The van der Waals surface area contributed by atoms with E-state index < -0.39 is 148 Å². The Bertz CT molecular complexity index is 5210. The molecule has 1 aliphatic carbocycles. The van der Waals surface area contributed by atoms with E-state index >= 15 is 0 Å². The van der Waals surface area contributed by atoms with Crippen molar-refractivity contribution in [3.05, 3.63) is 136 Å². The number of anilines is 1. The number of carboxylic acids is 3. The van der Waals surface area contributed by atoms with Gasteiger partial charge in [-0.15, -0.1) is 25.3 Å². The highest BCUT2D eigenvalue weighted by atomic mass is 32.2. The number of guanidine groups is 3. The highest BCUT2D eigenvalue weighted by Crippen LogP contribution is 2.48. The fourth-order valence-corrected chi connectivity index (χ4v) is 16.5. The van der Waals surface area contributed by atoms with Crippen LogP contribution in [0.15, 0.2) is 135 Å². The lowest BCUT2D eigenvalue weighted by Crippen LogP contribution is -2.47. The Morgan fingerprint density at radius 2 is 1.11 bits per heavy atom. The summed E-state index contributed by atoms with van der Waals surface area (Å²) < 4.78 is 128. The van der Waals surface area contributed by atoms with Gasteiger partial charge in [0.25, 0.3) is 10.1 Å². The second-order valence-corrected chi connectivity index (χ2v) is 36.7. The van der Waals surface area contributed by atoms with Crippen LogP contribution in [-0.2, 0) is 107 Å². The van der Waals surface area contributed by atoms with Crippen LogP contribution in [0.25, 0.3) is 0 Å². The number of benzene rings is 3. The number of nitrogens with one attached hydrogen (secondary N) is 4. The zero-order valence-corrected chi connectivity index (χ0v) is 78.4. The molecule has 734 valence electrons. The Morgan fingerprint density at radius 1 is 0.579 bits per heavy atom. The minimum atomic E-state index is -4.43. The van der Waals surface area contributed by atoms with Gasteiger partial charge in [0.05, 0.1) is 39.3 Å². The Labute approximate surface area is 776 Å². The molecule has 46 heteroatoms. The van der Waals surface area contributed by atoms with E-state index in [1.54, 1.807) is 24.3 Å². The van der Waals surface area contributed by atoms with Crippen LogP contribution < -0.4 is 65.3 Å². The van der Waals surface area contributed by atoms with E-state index in [4.69, 9.17) is 79.1 Å². The predicted molar refractivity (Wildman–Crippen MR) is 490 cm³/mol. The van der Waals surface area contributed by atoms with Gasteiger partial charge in [-0.1, -0.05) is 94.1 Å². The van der Waals surface area contributed by atoms with Crippen molar-refractivity contribution in [1.29, 1.82) is 0 Å². The van der Waals surface area contributed by atoms with Gasteiger partial charge in [0, 0.05) is 124 Å². The number of ketones is 3. The van der Waals surface area contributed by atoms with Crippen LogP contribution in [0, 0.1) is 11.8 Å². The second kappa shape index (κ2) is 59.3. The molecule has 0 fully saturated rings. The number of unbranched alkanes of at least 4 members (excludes halogenated alkanes) is 7. The number of Topliss-reactive ketones (excluding diaryl/α,β-unsaturated/α-hetero) is 3. The van der Waals surface area contributed by atoms with Crippen molar-refractivity contribution < 1.29 is 129 Å². The van der Waals surface area contributed by atoms with Crippen LogP contribution in [0.3, 0.4) is 0 Å². The first-order chi connectivity index (χ1) is 62.6. The van der Waals surface area contributed by atoms with Crippen molar-refractivity contribution in [2.45, 2.75) is 236 Å². The number of allylic oxidation sites excluding steroid dienone is 7. The molecule has 2 heterocycles. The molecule has 0 spiro atoms. The second-order valence-electron chi connectivity index (χ2n) is 32.7. The number of carbonyl (C=O) groups excluding carboxylic acids is 8. The molecule has 4 amide bonds. The summed E-state index contributed by atoms with van der Waals surface area (Å²) in [6.07, 6.45) is 15.1. The number of aliphatic carboxylic acids is 3. The largest absolute Gasteiger partial charge is 0.748 e. The molecule has 0 saturated carbocycles. The molecule has 0 unspecified atom stereocenters. The van der Waals surface area contributed by atoms with Gasteiger partial charge in [-0.25, -0.2) is 18.0 Å². The highest BCUT2D eigenvalue weighted by Gasteiger charge is 2.45. The molecule has 133 heavy (non-hydrogen) atoms. The molecule has 20 N–H and O–H groups in total. The van der Waals surface area contributed by atoms with Crippen molar-refractivity contribution in [2.24, 2.45) is 61.2 Å². The normalized spacial score (nSPS) is 15.2. The van der Waals surface area contributed by atoms with E-state index in [1.807, 2.05) is 42.5 Å². The number of aliphatic imine (C=N–C) groups is 3. The maximum atomic E-state index is 14.8. The van der Waals surface area contributed by atoms with Gasteiger partial charge in [0.2, 0.25) is 17.5 Å². The minimum absolute atomic E-state index is 0.0274. The minimum Gasteiger partial charge on any atom is -0.748 e. The number of para-hydroxylation sites is 2. The smallest absolute Gasteiger partial charge is 0.425 e. The number of ether oxygens (including phenoxy) is 1. The first kappa shape index (κ1) is 115. The first-order valence-electron chi connectivity index (χ1n) is 43.3. The van der Waals surface area contributed by atoms with E-state index in [0.29, 0.717) is 87.9 Å². The summed E-state index contributed by atoms with van der Waals surface area (Å²) in [7, 11) is -14.8. The summed E-state index contributed by atoms with van der Waals surface area (Å²) in [5.41, 5.74) is 41.0. The third kappa shape index (κ3) is 45.2. The van der Waals surface area contributed by atoms with E-state index in [9.17, 15) is 79.3 Å². The van der Waals surface area contributed by atoms with E-state index in [-0.39, 0.29) is 158 Å². The monoisotopic (exact) mass is 1940 g/mol. The molecule has 0 radical (unpaired) electrons. The van der Waals surface area contributed by atoms with Crippen LogP contribution in [0.5, 0.6) is 5.75 Å². The maximum Gasteiger partial charge on any atom is 0.425 e. The SMILES string of the molecule is CC1(C)C(=CC=C2CCCC(C=CC3=[N+](CCCCS(=O)(=O)O)c4ccccc4C3(C)C)=C2Oc2ccc(C[C@H](CC(=O)[C@H](CCCN=C(N)N)NC(=O)[C@H](CCCN=C(N)N)CC(=O)[C@H](CCCN=C(N)N)NC(=O)CCCCCCCCC(=O)CC[C@H](NC(=O)NCCCC(=O)O)C(=O)O)C(=O)O)cc2)N(CCCCS(=O)(=O)[O-])c2ccccc21.O=C=O.O=S(=O)=O.O=S(=O)=O. The fraction of sp³-hybridized carbons (Fsp3) is 0.540. The number of hydrogen-bond acceptors (Lipinski definition) is 27. The van der Waals surface area contributed by atoms with Crippen molar-refractivity contribution in [1.82, 2.24) is 21.3 Å². The lowest BCUT2D eigenvalue weighted by molar-refractivity contribution is -0.438. The van der Waals surface area contributed by atoms with Crippen LogP contribution in [0.4, 0.5) is 16.2 Å². The quantitative estimate of drug-likeness (QED) is 0.0114. The number of carboxylic acid groups (broad SMARTS) is 3. The fourth-order valence-electron chi connectivity index (χ4n) is 15.4. The molecule has 0 saturated heterocycles. The molecule has 3 aromatic rings. The number of urea groups is 1. The molecule has 42 nitrogen and oxygen atoms in total. The van der Waals surface area contributed by atoms with E-state index in [1.165, 1.54) is 0 Å². The lowest BCUT2D eigenvalue weighted by atomic mass is 9.81. The van der Waals surface area contributed by atoms with Crippen molar-refractivity contribution in [2.75, 3.05) is 55.7 Å². The molecular formula is C87H125N15O27S4. The van der Waals surface area contributed by atoms with Gasteiger partial charge in [-0.05, 0) is 176 Å². The number of hydrogen-bond donors (Lipinski definition) is 14. The Kier molecular flexibility index (Phi) is 51.3. The molecule has 0 aromatic heterocycles. The van der Waals surface area contributed by atoms with Crippen LogP contribution >= 0.6 is 0 Å². The summed E-state index contributed by atoms with van der Waals surface area (Å²) in [6.45, 7) is 9.66. The number of fused-ring (bicyclic) bond motifs is 2. The summed E-state index contributed by atoms with van der Waals surface area (Å²) in [5, 5.41) is 39.6. The lowest BCUT2D eigenvalue weighted by Gasteiger charge is -2.28. The average Bonchev–Trinajstić information content (AvgIpc) is 1.60. The third-order valence-electron chi connectivity index (χ3n) is 21.9. The zero-order valence-electron chi connectivity index (χ0n) is 75.1. The Morgan fingerprint density at radius 3 is 1.67 bits per heavy atom. The molecule has 0 bridgehead atoms. The van der Waals surface area contributed by atoms with E-state index in [0.717, 1.165) is 57.9 Å². The summed E-state index contributed by atoms with van der Waals surface area (Å²) in [6, 6.07) is 18.4. The predicted octanol–water partition coefficient (Wildman–Crippen LogP) is 5.14. The number of amides is 4. The number of nitrogens with zero attached hydrogens (tertiary/aromatic N) is 5. The van der Waals surface area contributed by atoms with Gasteiger partial charge in [-0.2, -0.15) is 22.6 Å². The van der Waals surface area contributed by atoms with Gasteiger partial charge in [0.15, 0.2) is 35.2 Å². The van der Waals surface area contributed by atoms with E-state index in [2.05, 4.69) is 104 Å². The summed E-state index contributed by atoms with van der Waals surface area (Å²) >= 11 is 0. The molecule has 5 atom stereocenters. The average molecular weight is 1940 g/mol. The van der Waals surface area contributed by atoms with Gasteiger partial charge in [-0.3, -0.25) is 53.1 Å². The molecular weight excluding hydrogens is 1820 g/mol. The molecule has 3 aromatic carbocycles. The van der Waals surface area contributed by atoms with Crippen molar-refractivity contribution in [3.8, 4) is 5.75 Å². The zero-order chi connectivity index (χ0) is 99.6. The Balaban J connectivity index is 0.00000392. The highest BCUT2D eigenvalue weighted by molar-refractivity contribution is 7.86. The van der Waals surface area contributed by atoms with Crippen LogP contribution in [-0.4, -0.2) is 223 Å². The number of nitrogens with two attached hydrogens (primary N) is 6. The topological polar surface area (TPSA) is 719 Å². The Hall–Kier alpha value is -12.2. The maximum absolute atomic E-state index is 14.8. The number of rotatable bonds is 57. The van der Waals surface area contributed by atoms with Crippen molar-refractivity contribution >= 4 is 136 Å². The van der Waals surface area contributed by atoms with Gasteiger partial charge < -0.3 is 85.2 Å². The number of carbonyl (C=O) groups is 9. The first-order valence-corrected chi connectivity index (χ1v) is 48.5. The summed E-state index contributed by atoms with van der Waals surface area (Å²) in [4.78, 5) is 149. The van der Waals surface area contributed by atoms with Gasteiger partial charge in [0.1, 0.15) is 29.9 Å². The standard InChI is InChI=1S/C86H125N15O19S2.CO2.2O3S/c1-85(2)64-28-11-13-32-69(64)100(50-15-17-52-121(114,115)116)73(85)44-38-58-24-19-25-59(39-45-74-86(3,4)65-29-12-14-33-70(65)101(74)51-16-18-53-122(117,118)119)77(58)120-63-41-36-57(37-42-63)54-61(79(109)110)56-72(104)67(31-22-48-95-83(91)92)98-78(108)60(26-20-46-93-81(87)88)55-71(103)66(30-21-47-94-82(89)90)97-75(105)34-10-8-6-5-7-9-27-62(102)40-43-68(80(111)112)99-84(113)96-49-23-35-76(106)107;2-1-3;2*1-4(2)3/h11-14,28-29,32-33,36-39,41-42,44-45,60-61,66-68H,5-10,15-27,30-31,34-35,40,43,46-56H2,1-4H3,(H20-,87,88,89,90,91,92,93,94,95,96,97,98,99,105,106,107,108,109,110,111,112,113,114,115,116,117,118,119);;;/t60-,61-,66+,67+,68+;;;/m1.../s1.